The van der Waals surface area contributed by atoms with Crippen LogP contribution in [0.2, 0.25) is 0 Å². The second-order valence-corrected chi connectivity index (χ2v) is 7.75. The van der Waals surface area contributed by atoms with Gasteiger partial charge < -0.3 is 10.6 Å². The third-order valence-corrected chi connectivity index (χ3v) is 5.36. The Morgan fingerprint density at radius 3 is 2.76 bits per heavy atom. The first-order valence-corrected chi connectivity index (χ1v) is 9.31. The molecule has 0 spiro atoms. The number of carbonyl (C=O) groups is 1. The molecule has 2 rings (SSSR count). The van der Waals surface area contributed by atoms with Gasteiger partial charge in [-0.15, -0.1) is 24.2 Å². The first kappa shape index (κ1) is 21.7. The summed E-state index contributed by atoms with van der Waals surface area (Å²) in [5.41, 5.74) is 6.06. The number of amides is 1. The average molecular weight is 388 g/mol. The number of benzene rings is 1. The van der Waals surface area contributed by atoms with Crippen LogP contribution in [0.15, 0.2) is 23.1 Å². The van der Waals surface area contributed by atoms with Gasteiger partial charge in [0.15, 0.2) is 0 Å². The molecule has 0 aromatic heterocycles. The maximum atomic E-state index is 12.6. The van der Waals surface area contributed by atoms with E-state index in [0.717, 1.165) is 18.6 Å². The number of nitrogens with zero attached hydrogens (tertiary/aromatic N) is 2. The zero-order valence-electron chi connectivity index (χ0n) is 14.6. The minimum absolute atomic E-state index is 0. The number of hydrogen-bond acceptors (Lipinski definition) is 5. The number of thioether (sulfide) groups is 1. The number of halogens is 1. The van der Waals surface area contributed by atoms with Crippen LogP contribution in [0.25, 0.3) is 0 Å². The molecule has 1 saturated heterocycles. The van der Waals surface area contributed by atoms with Crippen LogP contribution in [0.5, 0.6) is 0 Å². The Balaban J connectivity index is 0.00000312. The van der Waals surface area contributed by atoms with E-state index < -0.39 is 4.92 Å². The molecule has 8 heteroatoms. The van der Waals surface area contributed by atoms with E-state index in [4.69, 9.17) is 5.73 Å². The van der Waals surface area contributed by atoms with Crippen LogP contribution >= 0.6 is 24.2 Å². The number of nitro benzene ring substituents is 1. The van der Waals surface area contributed by atoms with Crippen LogP contribution in [0.1, 0.15) is 37.0 Å². The lowest BCUT2D eigenvalue weighted by Crippen LogP contribution is -2.29. The molecule has 2 N–H and O–H groups in total. The minimum Gasteiger partial charge on any atom is -0.338 e. The van der Waals surface area contributed by atoms with Crippen LogP contribution in [-0.4, -0.2) is 41.1 Å². The fraction of sp³-hybridized carbons (Fsp3) is 0.588. The summed E-state index contributed by atoms with van der Waals surface area (Å²) < 4.78 is 0. The molecule has 0 aliphatic carbocycles. The van der Waals surface area contributed by atoms with E-state index in [1.807, 2.05) is 0 Å². The Kier molecular flexibility index (Phi) is 8.68. The molecule has 6 nitrogen and oxygen atoms in total. The molecule has 1 aromatic carbocycles. The largest absolute Gasteiger partial charge is 0.338 e. The summed E-state index contributed by atoms with van der Waals surface area (Å²) in [6.45, 7) is 6.12. The van der Waals surface area contributed by atoms with Gasteiger partial charge in [-0.3, -0.25) is 14.9 Å². The summed E-state index contributed by atoms with van der Waals surface area (Å²) in [5.74, 6) is 1.57. The molecular formula is C17H26ClN3O3S. The summed E-state index contributed by atoms with van der Waals surface area (Å²) in [7, 11) is 0. The second kappa shape index (κ2) is 9.99. The quantitative estimate of drug-likeness (QED) is 0.438. The number of hydrogen-bond donors (Lipinski definition) is 1. The lowest BCUT2D eigenvalue weighted by Gasteiger charge is -2.16. The van der Waals surface area contributed by atoms with Gasteiger partial charge in [0.25, 0.3) is 11.6 Å². The van der Waals surface area contributed by atoms with Crippen molar-refractivity contribution in [1.82, 2.24) is 4.90 Å². The first-order valence-electron chi connectivity index (χ1n) is 8.33. The van der Waals surface area contributed by atoms with E-state index in [2.05, 4.69) is 13.8 Å². The SMILES string of the molecule is CC(C)CCSc1ccc(C(=O)N2CCC(CN)C2)cc1[N+](=O)[O-].Cl. The molecule has 1 heterocycles. The van der Waals surface area contributed by atoms with E-state index in [-0.39, 0.29) is 24.0 Å². The summed E-state index contributed by atoms with van der Waals surface area (Å²) in [6, 6.07) is 4.81. The summed E-state index contributed by atoms with van der Waals surface area (Å²) in [4.78, 5) is 25.9. The average Bonchev–Trinajstić information content (AvgIpc) is 3.03. The molecule has 1 fully saturated rings. The smallest absolute Gasteiger partial charge is 0.283 e. The maximum absolute atomic E-state index is 12.6. The fourth-order valence-electron chi connectivity index (χ4n) is 2.71. The van der Waals surface area contributed by atoms with Gasteiger partial charge in [-0.05, 0) is 49.1 Å². The third kappa shape index (κ3) is 5.87. The number of carbonyl (C=O) groups excluding carboxylic acids is 1. The Labute approximate surface area is 159 Å². The molecule has 1 aromatic rings. The maximum Gasteiger partial charge on any atom is 0.283 e. The molecule has 0 saturated carbocycles. The molecule has 1 amide bonds. The van der Waals surface area contributed by atoms with E-state index in [0.29, 0.717) is 41.9 Å². The molecule has 0 bridgehead atoms. The number of rotatable bonds is 7. The van der Waals surface area contributed by atoms with Crippen molar-refractivity contribution in [2.24, 2.45) is 17.6 Å². The summed E-state index contributed by atoms with van der Waals surface area (Å²) in [6.07, 6.45) is 1.89. The highest BCUT2D eigenvalue weighted by Crippen LogP contribution is 2.32. The highest BCUT2D eigenvalue weighted by atomic mass is 35.5. The van der Waals surface area contributed by atoms with Crippen molar-refractivity contribution in [1.29, 1.82) is 0 Å². The summed E-state index contributed by atoms with van der Waals surface area (Å²) in [5, 5.41) is 11.4. The summed E-state index contributed by atoms with van der Waals surface area (Å²) >= 11 is 1.48. The predicted molar refractivity (Wildman–Crippen MR) is 104 cm³/mol. The van der Waals surface area contributed by atoms with Crippen molar-refractivity contribution in [2.75, 3.05) is 25.4 Å². The van der Waals surface area contributed by atoms with Crippen molar-refractivity contribution in [3.63, 3.8) is 0 Å². The van der Waals surface area contributed by atoms with Gasteiger partial charge in [0, 0.05) is 24.7 Å². The predicted octanol–water partition coefficient (Wildman–Crippen LogP) is 3.58. The lowest BCUT2D eigenvalue weighted by molar-refractivity contribution is -0.387. The molecule has 25 heavy (non-hydrogen) atoms. The van der Waals surface area contributed by atoms with Crippen LogP contribution in [0.4, 0.5) is 5.69 Å². The highest BCUT2D eigenvalue weighted by Gasteiger charge is 2.27. The van der Waals surface area contributed by atoms with Crippen molar-refractivity contribution < 1.29 is 9.72 Å². The molecule has 1 aliphatic rings. The van der Waals surface area contributed by atoms with E-state index in [1.54, 1.807) is 17.0 Å². The lowest BCUT2D eigenvalue weighted by atomic mass is 10.1. The van der Waals surface area contributed by atoms with Crippen molar-refractivity contribution in [3.05, 3.63) is 33.9 Å². The molecule has 0 radical (unpaired) electrons. The molecular weight excluding hydrogens is 362 g/mol. The molecule has 1 unspecified atom stereocenters. The van der Waals surface area contributed by atoms with Gasteiger partial charge in [-0.1, -0.05) is 13.8 Å². The zero-order valence-corrected chi connectivity index (χ0v) is 16.3. The Hall–Kier alpha value is -1.31. The molecule has 1 atom stereocenters. The Bertz CT molecular complexity index is 613. The minimum atomic E-state index is -0.402. The van der Waals surface area contributed by atoms with Gasteiger partial charge in [-0.2, -0.15) is 0 Å². The normalized spacial score (nSPS) is 16.8. The molecule has 140 valence electrons. The van der Waals surface area contributed by atoms with Crippen molar-refractivity contribution >= 4 is 35.8 Å². The van der Waals surface area contributed by atoms with Gasteiger partial charge in [0.1, 0.15) is 0 Å². The standard InChI is InChI=1S/C17H25N3O3S.ClH/c1-12(2)6-8-24-16-4-3-14(9-15(16)20(22)23)17(21)19-7-5-13(10-18)11-19;/h3-4,9,12-13H,5-8,10-11,18H2,1-2H3;1H. The van der Waals surface area contributed by atoms with Gasteiger partial charge in [-0.25, -0.2) is 0 Å². The van der Waals surface area contributed by atoms with Crippen LogP contribution in [0, 0.1) is 22.0 Å². The van der Waals surface area contributed by atoms with E-state index >= 15 is 0 Å². The van der Waals surface area contributed by atoms with Gasteiger partial charge >= 0.3 is 0 Å². The van der Waals surface area contributed by atoms with Gasteiger partial charge in [0.2, 0.25) is 0 Å². The van der Waals surface area contributed by atoms with Crippen molar-refractivity contribution in [3.8, 4) is 0 Å². The number of nitrogens with two attached hydrogens (primary N) is 1. The van der Waals surface area contributed by atoms with Crippen LogP contribution in [0.3, 0.4) is 0 Å². The molecule has 1 aliphatic heterocycles. The Morgan fingerprint density at radius 1 is 1.48 bits per heavy atom. The monoisotopic (exact) mass is 387 g/mol. The Morgan fingerprint density at radius 2 is 2.20 bits per heavy atom. The second-order valence-electron chi connectivity index (χ2n) is 6.61. The van der Waals surface area contributed by atoms with Crippen LogP contribution < -0.4 is 5.73 Å². The first-order chi connectivity index (χ1) is 11.4. The van der Waals surface area contributed by atoms with Gasteiger partial charge in [0.05, 0.1) is 9.82 Å². The van der Waals surface area contributed by atoms with E-state index in [9.17, 15) is 14.9 Å². The topological polar surface area (TPSA) is 89.5 Å². The van der Waals surface area contributed by atoms with Crippen LogP contribution in [-0.2, 0) is 0 Å². The zero-order chi connectivity index (χ0) is 17.7. The van der Waals surface area contributed by atoms with Crippen molar-refractivity contribution in [2.45, 2.75) is 31.6 Å². The fourth-order valence-corrected chi connectivity index (χ4v) is 3.97. The number of nitro groups is 1. The highest BCUT2D eigenvalue weighted by molar-refractivity contribution is 7.99. The van der Waals surface area contributed by atoms with E-state index in [1.165, 1.54) is 17.8 Å². The third-order valence-electron chi connectivity index (χ3n) is 4.26. The number of likely N-dealkylation sites (tertiary alicyclic amines) is 1.